The molecular formula is C11H12N2OS. The highest BCUT2D eigenvalue weighted by molar-refractivity contribution is 7.09. The Bertz CT molecular complexity index is 445. The van der Waals surface area contributed by atoms with Crippen LogP contribution in [0.15, 0.2) is 17.5 Å². The zero-order valence-corrected chi connectivity index (χ0v) is 9.30. The van der Waals surface area contributed by atoms with Crippen LogP contribution >= 0.6 is 11.3 Å². The Morgan fingerprint density at radius 2 is 2.40 bits per heavy atom. The Hall–Kier alpha value is -1.42. The number of rotatable bonds is 4. The summed E-state index contributed by atoms with van der Waals surface area (Å²) in [5.41, 5.74) is 1.49. The van der Waals surface area contributed by atoms with Crippen molar-refractivity contribution in [2.24, 2.45) is 0 Å². The minimum absolute atomic E-state index is 0.545. The summed E-state index contributed by atoms with van der Waals surface area (Å²) in [6, 6.07) is 4.15. The fourth-order valence-corrected chi connectivity index (χ4v) is 2.26. The van der Waals surface area contributed by atoms with Gasteiger partial charge in [0.25, 0.3) is 0 Å². The van der Waals surface area contributed by atoms with Crippen LogP contribution in [-0.2, 0) is 12.8 Å². The Labute approximate surface area is 92.2 Å². The summed E-state index contributed by atoms with van der Waals surface area (Å²) in [4.78, 5) is 19.3. The molecule has 1 N–H and O–H groups in total. The van der Waals surface area contributed by atoms with Crippen LogP contribution in [-0.4, -0.2) is 16.3 Å². The summed E-state index contributed by atoms with van der Waals surface area (Å²) in [7, 11) is 0. The number of aromatic nitrogens is 2. The molecule has 0 atom stereocenters. The first-order valence-corrected chi connectivity index (χ1v) is 5.70. The molecule has 0 aromatic carbocycles. The van der Waals surface area contributed by atoms with Crippen LogP contribution in [0, 0.1) is 6.92 Å². The number of hydrogen-bond donors (Lipinski definition) is 1. The molecule has 0 aliphatic carbocycles. The van der Waals surface area contributed by atoms with Gasteiger partial charge in [0.15, 0.2) is 6.29 Å². The number of nitrogens with zero attached hydrogens (tertiary/aromatic N) is 1. The average molecular weight is 220 g/mol. The normalized spacial score (nSPS) is 10.5. The van der Waals surface area contributed by atoms with Gasteiger partial charge in [-0.2, -0.15) is 0 Å². The van der Waals surface area contributed by atoms with Gasteiger partial charge < -0.3 is 4.98 Å². The Balaban J connectivity index is 2.07. The molecule has 0 fully saturated rings. The van der Waals surface area contributed by atoms with Crippen LogP contribution in [0.1, 0.15) is 26.9 Å². The SMILES string of the molecule is Cc1nc(C=O)c(CCc2cccs2)[nH]1. The second-order valence-electron chi connectivity index (χ2n) is 3.38. The van der Waals surface area contributed by atoms with E-state index in [0.717, 1.165) is 30.6 Å². The van der Waals surface area contributed by atoms with Gasteiger partial charge in [0, 0.05) is 10.6 Å². The first kappa shape index (κ1) is 10.1. The van der Waals surface area contributed by atoms with Crippen molar-refractivity contribution in [2.45, 2.75) is 19.8 Å². The fraction of sp³-hybridized carbons (Fsp3) is 0.273. The number of aromatic amines is 1. The molecule has 0 bridgehead atoms. The molecular weight excluding hydrogens is 208 g/mol. The van der Waals surface area contributed by atoms with Crippen LogP contribution in [0.2, 0.25) is 0 Å². The predicted octanol–water partition coefficient (Wildman–Crippen LogP) is 2.38. The first-order valence-electron chi connectivity index (χ1n) is 4.82. The van der Waals surface area contributed by atoms with E-state index in [1.165, 1.54) is 4.88 Å². The maximum Gasteiger partial charge on any atom is 0.170 e. The molecule has 0 aliphatic heterocycles. The molecule has 2 heterocycles. The summed E-state index contributed by atoms with van der Waals surface area (Å²) in [6.07, 6.45) is 2.61. The largest absolute Gasteiger partial charge is 0.345 e. The number of hydrogen-bond acceptors (Lipinski definition) is 3. The topological polar surface area (TPSA) is 45.8 Å². The maximum absolute atomic E-state index is 10.7. The second kappa shape index (κ2) is 4.40. The Kier molecular flexibility index (Phi) is 2.97. The van der Waals surface area contributed by atoms with Crippen molar-refractivity contribution in [3.05, 3.63) is 39.6 Å². The summed E-state index contributed by atoms with van der Waals surface area (Å²) in [5, 5.41) is 2.06. The molecule has 0 amide bonds. The molecule has 0 unspecified atom stereocenters. The van der Waals surface area contributed by atoms with E-state index in [4.69, 9.17) is 0 Å². The highest BCUT2D eigenvalue weighted by atomic mass is 32.1. The van der Waals surface area contributed by atoms with Crippen molar-refractivity contribution in [3.8, 4) is 0 Å². The molecule has 0 aliphatic rings. The third kappa shape index (κ3) is 2.33. The summed E-state index contributed by atoms with van der Waals surface area (Å²) in [6.45, 7) is 1.86. The zero-order chi connectivity index (χ0) is 10.7. The van der Waals surface area contributed by atoms with E-state index >= 15 is 0 Å². The van der Waals surface area contributed by atoms with E-state index in [1.807, 2.05) is 13.0 Å². The lowest BCUT2D eigenvalue weighted by molar-refractivity contribution is 0.111. The van der Waals surface area contributed by atoms with Gasteiger partial charge in [-0.15, -0.1) is 11.3 Å². The third-order valence-corrected chi connectivity index (χ3v) is 3.18. The number of thiophene rings is 1. The van der Waals surface area contributed by atoms with Crippen LogP contribution in [0.25, 0.3) is 0 Å². The van der Waals surface area contributed by atoms with Crippen molar-refractivity contribution in [1.82, 2.24) is 9.97 Å². The number of imidazole rings is 1. The number of carbonyl (C=O) groups is 1. The number of H-pyrrole nitrogens is 1. The Morgan fingerprint density at radius 1 is 1.53 bits per heavy atom. The maximum atomic E-state index is 10.7. The highest BCUT2D eigenvalue weighted by Gasteiger charge is 2.07. The van der Waals surface area contributed by atoms with Gasteiger partial charge in [-0.1, -0.05) is 6.07 Å². The van der Waals surface area contributed by atoms with Gasteiger partial charge in [-0.05, 0) is 31.2 Å². The van der Waals surface area contributed by atoms with Crippen LogP contribution < -0.4 is 0 Å². The number of carbonyl (C=O) groups excluding carboxylic acids is 1. The smallest absolute Gasteiger partial charge is 0.170 e. The van der Waals surface area contributed by atoms with E-state index in [1.54, 1.807) is 11.3 Å². The lowest BCUT2D eigenvalue weighted by atomic mass is 10.2. The van der Waals surface area contributed by atoms with Crippen molar-refractivity contribution >= 4 is 17.6 Å². The molecule has 2 aromatic rings. The average Bonchev–Trinajstić information content (AvgIpc) is 2.83. The molecule has 3 nitrogen and oxygen atoms in total. The van der Waals surface area contributed by atoms with Gasteiger partial charge in [0.1, 0.15) is 11.5 Å². The molecule has 0 saturated heterocycles. The zero-order valence-electron chi connectivity index (χ0n) is 8.49. The molecule has 15 heavy (non-hydrogen) atoms. The quantitative estimate of drug-likeness (QED) is 0.804. The minimum Gasteiger partial charge on any atom is -0.345 e. The number of aldehydes is 1. The van der Waals surface area contributed by atoms with Gasteiger partial charge in [0.2, 0.25) is 0 Å². The van der Waals surface area contributed by atoms with Gasteiger partial charge in [-0.3, -0.25) is 4.79 Å². The lowest BCUT2D eigenvalue weighted by Crippen LogP contribution is -1.94. The first-order chi connectivity index (χ1) is 7.29. The van der Waals surface area contributed by atoms with Crippen LogP contribution in [0.3, 0.4) is 0 Å². The van der Waals surface area contributed by atoms with Gasteiger partial charge >= 0.3 is 0 Å². The molecule has 0 saturated carbocycles. The van der Waals surface area contributed by atoms with Crippen molar-refractivity contribution in [2.75, 3.05) is 0 Å². The van der Waals surface area contributed by atoms with E-state index < -0.39 is 0 Å². The predicted molar refractivity (Wildman–Crippen MR) is 60.4 cm³/mol. The lowest BCUT2D eigenvalue weighted by Gasteiger charge is -1.96. The van der Waals surface area contributed by atoms with Crippen molar-refractivity contribution in [3.63, 3.8) is 0 Å². The highest BCUT2D eigenvalue weighted by Crippen LogP contribution is 2.13. The van der Waals surface area contributed by atoms with E-state index in [2.05, 4.69) is 21.4 Å². The van der Waals surface area contributed by atoms with Gasteiger partial charge in [-0.25, -0.2) is 4.98 Å². The summed E-state index contributed by atoms with van der Waals surface area (Å²) < 4.78 is 0. The standard InChI is InChI=1S/C11H12N2OS/c1-8-12-10(11(7-14)13-8)5-4-9-3-2-6-15-9/h2-3,6-7H,4-5H2,1H3,(H,12,13). The molecule has 4 heteroatoms. The Morgan fingerprint density at radius 3 is 3.07 bits per heavy atom. The molecule has 0 spiro atoms. The molecule has 78 valence electrons. The monoisotopic (exact) mass is 220 g/mol. The minimum atomic E-state index is 0.545. The van der Waals surface area contributed by atoms with Crippen LogP contribution in [0.5, 0.6) is 0 Å². The second-order valence-corrected chi connectivity index (χ2v) is 4.42. The fourth-order valence-electron chi connectivity index (χ4n) is 1.55. The third-order valence-electron chi connectivity index (χ3n) is 2.24. The van der Waals surface area contributed by atoms with Crippen LogP contribution in [0.4, 0.5) is 0 Å². The molecule has 2 aromatic heterocycles. The molecule has 0 radical (unpaired) electrons. The summed E-state index contributed by atoms with van der Waals surface area (Å²) in [5.74, 6) is 0.804. The number of nitrogens with one attached hydrogen (secondary N) is 1. The van der Waals surface area contributed by atoms with Gasteiger partial charge in [0.05, 0.1) is 0 Å². The van der Waals surface area contributed by atoms with Crippen molar-refractivity contribution in [1.29, 1.82) is 0 Å². The van der Waals surface area contributed by atoms with E-state index in [-0.39, 0.29) is 0 Å². The summed E-state index contributed by atoms with van der Waals surface area (Å²) >= 11 is 1.74. The van der Waals surface area contributed by atoms with E-state index in [0.29, 0.717) is 5.69 Å². The number of aryl methyl sites for hydroxylation is 3. The molecule has 2 rings (SSSR count). The van der Waals surface area contributed by atoms with Crippen molar-refractivity contribution < 1.29 is 4.79 Å². The van der Waals surface area contributed by atoms with E-state index in [9.17, 15) is 4.79 Å².